The van der Waals surface area contributed by atoms with Crippen LogP contribution >= 0.6 is 0 Å². The lowest BCUT2D eigenvalue weighted by Crippen LogP contribution is -2.09. The van der Waals surface area contributed by atoms with Gasteiger partial charge in [0, 0.05) is 19.8 Å². The number of ether oxygens (including phenoxy) is 2. The number of carbonyl (C=O) groups excluding carboxylic acids is 2. The Morgan fingerprint density at radius 3 is 2.29 bits per heavy atom. The van der Waals surface area contributed by atoms with E-state index in [4.69, 9.17) is 14.6 Å². The molecular formula is C15H18O6. The molecule has 0 amide bonds. The number of carboxylic acids is 1. The van der Waals surface area contributed by atoms with Crippen molar-refractivity contribution in [3.05, 3.63) is 35.4 Å². The Hall–Kier alpha value is -2.37. The summed E-state index contributed by atoms with van der Waals surface area (Å²) in [5.41, 5.74) is 1.12. The number of carbonyl (C=O) groups is 3. The Labute approximate surface area is 122 Å². The highest BCUT2D eigenvalue weighted by Crippen LogP contribution is 2.06. The minimum absolute atomic E-state index is 0.200. The Morgan fingerprint density at radius 1 is 1.05 bits per heavy atom. The SMILES string of the molecule is CC(=O)OCCCC(=O)OCCc1ccc(C(=O)O)cc1. The first-order valence-corrected chi connectivity index (χ1v) is 6.60. The molecule has 114 valence electrons. The van der Waals surface area contributed by atoms with Crippen molar-refractivity contribution in [1.82, 2.24) is 0 Å². The third-order valence-electron chi connectivity index (χ3n) is 2.69. The lowest BCUT2D eigenvalue weighted by Gasteiger charge is -2.05. The predicted octanol–water partition coefficient (Wildman–Crippen LogP) is 1.81. The number of hydrogen-bond donors (Lipinski definition) is 1. The molecule has 1 aromatic carbocycles. The smallest absolute Gasteiger partial charge is 0.335 e. The molecule has 0 aliphatic carbocycles. The average molecular weight is 294 g/mol. The molecule has 0 saturated carbocycles. The minimum Gasteiger partial charge on any atom is -0.478 e. The fraction of sp³-hybridized carbons (Fsp3) is 0.400. The molecule has 6 heteroatoms. The van der Waals surface area contributed by atoms with Gasteiger partial charge in [0.05, 0.1) is 18.8 Å². The Morgan fingerprint density at radius 2 is 1.71 bits per heavy atom. The fourth-order valence-electron chi connectivity index (χ4n) is 1.60. The molecule has 1 aromatic rings. The maximum Gasteiger partial charge on any atom is 0.335 e. The van der Waals surface area contributed by atoms with E-state index in [1.54, 1.807) is 12.1 Å². The third kappa shape index (κ3) is 7.10. The Bertz CT molecular complexity index is 491. The monoisotopic (exact) mass is 294 g/mol. The molecule has 0 aromatic heterocycles. The van der Waals surface area contributed by atoms with Gasteiger partial charge in [-0.1, -0.05) is 12.1 Å². The van der Waals surface area contributed by atoms with E-state index in [9.17, 15) is 14.4 Å². The second-order valence-electron chi connectivity index (χ2n) is 4.42. The summed E-state index contributed by atoms with van der Waals surface area (Å²) in [5, 5.41) is 8.76. The van der Waals surface area contributed by atoms with Crippen LogP contribution in [0.1, 0.15) is 35.7 Å². The summed E-state index contributed by atoms with van der Waals surface area (Å²) < 4.78 is 9.74. The van der Waals surface area contributed by atoms with Crippen LogP contribution < -0.4 is 0 Å². The average Bonchev–Trinajstić information content (AvgIpc) is 2.44. The zero-order valence-corrected chi connectivity index (χ0v) is 11.8. The van der Waals surface area contributed by atoms with Crippen LogP contribution in [0.25, 0.3) is 0 Å². The molecule has 0 fully saturated rings. The van der Waals surface area contributed by atoms with Crippen LogP contribution in [-0.4, -0.2) is 36.2 Å². The molecule has 1 rings (SSSR count). The molecule has 0 aliphatic heterocycles. The van der Waals surface area contributed by atoms with Gasteiger partial charge >= 0.3 is 17.9 Å². The lowest BCUT2D eigenvalue weighted by atomic mass is 10.1. The molecule has 6 nitrogen and oxygen atoms in total. The number of esters is 2. The van der Waals surface area contributed by atoms with Crippen LogP contribution in [0, 0.1) is 0 Å². The van der Waals surface area contributed by atoms with E-state index < -0.39 is 5.97 Å². The maximum atomic E-state index is 11.4. The number of carboxylic acid groups (broad SMARTS) is 1. The van der Waals surface area contributed by atoms with Gasteiger partial charge in [0.15, 0.2) is 0 Å². The zero-order chi connectivity index (χ0) is 15.7. The molecule has 0 atom stereocenters. The standard InChI is InChI=1S/C15H18O6/c1-11(16)20-9-2-3-14(17)21-10-8-12-4-6-13(7-5-12)15(18)19/h4-7H,2-3,8-10H2,1H3,(H,18,19). The van der Waals surface area contributed by atoms with Crippen LogP contribution in [0.4, 0.5) is 0 Å². The summed E-state index contributed by atoms with van der Waals surface area (Å²) in [4.78, 5) is 32.6. The van der Waals surface area contributed by atoms with E-state index in [-0.39, 0.29) is 37.1 Å². The van der Waals surface area contributed by atoms with Gasteiger partial charge in [-0.05, 0) is 24.1 Å². The Balaban J connectivity index is 2.19. The van der Waals surface area contributed by atoms with Crippen molar-refractivity contribution in [2.75, 3.05) is 13.2 Å². The van der Waals surface area contributed by atoms with E-state index in [0.717, 1.165) is 5.56 Å². The van der Waals surface area contributed by atoms with Crippen LogP contribution in [0.5, 0.6) is 0 Å². The highest BCUT2D eigenvalue weighted by molar-refractivity contribution is 5.87. The molecule has 0 unspecified atom stereocenters. The molecule has 0 spiro atoms. The topological polar surface area (TPSA) is 89.9 Å². The van der Waals surface area contributed by atoms with Crippen molar-refractivity contribution in [3.8, 4) is 0 Å². The largest absolute Gasteiger partial charge is 0.478 e. The van der Waals surface area contributed by atoms with E-state index in [1.165, 1.54) is 19.1 Å². The van der Waals surface area contributed by atoms with Crippen LogP contribution in [0.3, 0.4) is 0 Å². The first kappa shape index (κ1) is 16.7. The van der Waals surface area contributed by atoms with E-state index in [0.29, 0.717) is 12.8 Å². The van der Waals surface area contributed by atoms with Gasteiger partial charge in [-0.15, -0.1) is 0 Å². The van der Waals surface area contributed by atoms with Gasteiger partial charge in [-0.25, -0.2) is 4.79 Å². The molecule has 0 bridgehead atoms. The highest BCUT2D eigenvalue weighted by atomic mass is 16.5. The van der Waals surface area contributed by atoms with Crippen molar-refractivity contribution >= 4 is 17.9 Å². The molecule has 0 heterocycles. The van der Waals surface area contributed by atoms with E-state index >= 15 is 0 Å². The molecule has 1 N–H and O–H groups in total. The van der Waals surface area contributed by atoms with Crippen LogP contribution in [0.15, 0.2) is 24.3 Å². The summed E-state index contributed by atoms with van der Waals surface area (Å²) in [6.45, 7) is 1.76. The first-order chi connectivity index (χ1) is 9.99. The third-order valence-corrected chi connectivity index (χ3v) is 2.69. The van der Waals surface area contributed by atoms with Crippen molar-refractivity contribution in [2.45, 2.75) is 26.2 Å². The lowest BCUT2D eigenvalue weighted by molar-refractivity contribution is -0.146. The fourth-order valence-corrected chi connectivity index (χ4v) is 1.60. The summed E-state index contributed by atoms with van der Waals surface area (Å²) >= 11 is 0. The Kier molecular flexibility index (Phi) is 6.94. The van der Waals surface area contributed by atoms with Gasteiger partial charge < -0.3 is 14.6 Å². The molecule has 0 radical (unpaired) electrons. The number of rotatable bonds is 8. The van der Waals surface area contributed by atoms with E-state index in [2.05, 4.69) is 0 Å². The number of aromatic carboxylic acids is 1. The zero-order valence-electron chi connectivity index (χ0n) is 11.8. The maximum absolute atomic E-state index is 11.4. The normalized spacial score (nSPS) is 9.95. The minimum atomic E-state index is -0.972. The summed E-state index contributed by atoms with van der Waals surface area (Å²) in [6, 6.07) is 6.41. The van der Waals surface area contributed by atoms with Crippen molar-refractivity contribution in [2.24, 2.45) is 0 Å². The van der Waals surface area contributed by atoms with Gasteiger partial charge in [0.1, 0.15) is 0 Å². The highest BCUT2D eigenvalue weighted by Gasteiger charge is 2.05. The van der Waals surface area contributed by atoms with Crippen LogP contribution in [0.2, 0.25) is 0 Å². The molecule has 0 saturated heterocycles. The second-order valence-corrected chi connectivity index (χ2v) is 4.42. The quantitative estimate of drug-likeness (QED) is 0.581. The van der Waals surface area contributed by atoms with Gasteiger partial charge in [-0.3, -0.25) is 9.59 Å². The first-order valence-electron chi connectivity index (χ1n) is 6.60. The summed E-state index contributed by atoms with van der Waals surface area (Å²) in [7, 11) is 0. The van der Waals surface area contributed by atoms with Gasteiger partial charge in [0.2, 0.25) is 0 Å². The number of hydrogen-bond acceptors (Lipinski definition) is 5. The molecular weight excluding hydrogens is 276 g/mol. The van der Waals surface area contributed by atoms with Gasteiger partial charge in [-0.2, -0.15) is 0 Å². The predicted molar refractivity (Wildman–Crippen MR) is 73.9 cm³/mol. The van der Waals surface area contributed by atoms with Crippen molar-refractivity contribution in [1.29, 1.82) is 0 Å². The van der Waals surface area contributed by atoms with Crippen LogP contribution in [-0.2, 0) is 25.5 Å². The summed E-state index contributed by atoms with van der Waals surface area (Å²) in [6.07, 6.45) is 1.16. The van der Waals surface area contributed by atoms with E-state index in [1.807, 2.05) is 0 Å². The van der Waals surface area contributed by atoms with Gasteiger partial charge in [0.25, 0.3) is 0 Å². The second kappa shape index (κ2) is 8.73. The van der Waals surface area contributed by atoms with Crippen molar-refractivity contribution < 1.29 is 29.0 Å². The molecule has 21 heavy (non-hydrogen) atoms. The molecule has 0 aliphatic rings. The number of benzene rings is 1. The summed E-state index contributed by atoms with van der Waals surface area (Å²) in [5.74, 6) is -1.68. The van der Waals surface area contributed by atoms with Crippen molar-refractivity contribution in [3.63, 3.8) is 0 Å².